The normalized spacial score (nSPS) is 26.8. The van der Waals surface area contributed by atoms with Crippen molar-refractivity contribution in [1.29, 1.82) is 0 Å². The zero-order valence-corrected chi connectivity index (χ0v) is 17.5. The van der Waals surface area contributed by atoms with Crippen LogP contribution in [-0.4, -0.2) is 31.5 Å². The Kier molecular flexibility index (Phi) is 5.01. The highest BCUT2D eigenvalue weighted by Gasteiger charge is 2.86. The minimum Gasteiger partial charge on any atom is -0.301 e. The number of rotatable bonds is 5. The predicted molar refractivity (Wildman–Crippen MR) is 107 cm³/mol. The maximum atomic E-state index is 15.4. The highest BCUT2D eigenvalue weighted by molar-refractivity contribution is 7.90. The summed E-state index contributed by atoms with van der Waals surface area (Å²) in [5, 5.41) is 4.49. The molecule has 2 saturated carbocycles. The lowest BCUT2D eigenvalue weighted by Crippen LogP contribution is -2.34. The summed E-state index contributed by atoms with van der Waals surface area (Å²) in [7, 11) is -3.47. The van der Waals surface area contributed by atoms with Crippen molar-refractivity contribution in [1.82, 2.24) is 4.98 Å². The van der Waals surface area contributed by atoms with Crippen LogP contribution in [0.4, 0.5) is 13.9 Å². The number of alkyl halides is 2. The SMILES string of the molecule is CS(=O)(=O)c1ccc(C2(C(=O)Nc3nccs3)C(C3CCCCC3)C2(F)F)cc1. The summed E-state index contributed by atoms with van der Waals surface area (Å²) in [5.74, 6) is -5.32. The standard InChI is InChI=1S/C20H22F2N2O3S2/c1-29(26,27)15-9-7-14(8-10-15)19(17(25)24-18-23-11-12-28-18)16(20(19,21)22)13-5-3-2-4-6-13/h7-13,16H,2-6H2,1H3,(H,23,24,25). The number of hydrogen-bond donors (Lipinski definition) is 1. The van der Waals surface area contributed by atoms with E-state index in [9.17, 15) is 13.2 Å². The van der Waals surface area contributed by atoms with Crippen LogP contribution >= 0.6 is 11.3 Å². The lowest BCUT2D eigenvalue weighted by atomic mass is 9.80. The molecule has 0 bridgehead atoms. The highest BCUT2D eigenvalue weighted by Crippen LogP contribution is 2.71. The Morgan fingerprint density at radius 2 is 1.83 bits per heavy atom. The third-order valence-electron chi connectivity index (χ3n) is 6.17. The zero-order chi connectivity index (χ0) is 20.9. The smallest absolute Gasteiger partial charge is 0.271 e. The summed E-state index contributed by atoms with van der Waals surface area (Å²) < 4.78 is 54.3. The molecule has 0 aliphatic heterocycles. The molecule has 2 aliphatic carbocycles. The molecule has 1 heterocycles. The number of sulfone groups is 1. The number of nitrogens with zero attached hydrogens (tertiary/aromatic N) is 1. The first kappa shape index (κ1) is 20.4. The molecule has 1 aromatic carbocycles. The van der Waals surface area contributed by atoms with Crippen LogP contribution in [0.1, 0.15) is 37.7 Å². The van der Waals surface area contributed by atoms with Gasteiger partial charge in [-0.05, 0) is 36.5 Å². The van der Waals surface area contributed by atoms with Gasteiger partial charge in [-0.1, -0.05) is 31.4 Å². The van der Waals surface area contributed by atoms with Crippen LogP contribution in [0.3, 0.4) is 0 Å². The summed E-state index contributed by atoms with van der Waals surface area (Å²) >= 11 is 1.17. The van der Waals surface area contributed by atoms with Crippen LogP contribution in [0.2, 0.25) is 0 Å². The summed E-state index contributed by atoms with van der Waals surface area (Å²) in [5.41, 5.74) is -1.85. The molecule has 1 aromatic heterocycles. The second-order valence-electron chi connectivity index (χ2n) is 7.89. The van der Waals surface area contributed by atoms with Crippen LogP contribution in [0.15, 0.2) is 40.7 Å². The molecule has 2 atom stereocenters. The molecule has 1 N–H and O–H groups in total. The van der Waals surface area contributed by atoms with E-state index < -0.39 is 33.0 Å². The fraction of sp³-hybridized carbons (Fsp3) is 0.500. The third-order valence-corrected chi connectivity index (χ3v) is 7.99. The van der Waals surface area contributed by atoms with Gasteiger partial charge in [0.25, 0.3) is 5.92 Å². The molecule has 0 spiro atoms. The molecule has 0 radical (unpaired) electrons. The van der Waals surface area contributed by atoms with Gasteiger partial charge in [0.15, 0.2) is 15.0 Å². The van der Waals surface area contributed by atoms with Crippen molar-refractivity contribution in [3.8, 4) is 0 Å². The molecule has 156 valence electrons. The van der Waals surface area contributed by atoms with E-state index in [2.05, 4.69) is 10.3 Å². The van der Waals surface area contributed by atoms with E-state index in [1.165, 1.54) is 41.8 Å². The molecule has 29 heavy (non-hydrogen) atoms. The lowest BCUT2D eigenvalue weighted by molar-refractivity contribution is -0.121. The van der Waals surface area contributed by atoms with Crippen molar-refractivity contribution in [3.05, 3.63) is 41.4 Å². The number of nitrogens with one attached hydrogen (secondary N) is 1. The Balaban J connectivity index is 1.76. The van der Waals surface area contributed by atoms with Crippen molar-refractivity contribution in [2.75, 3.05) is 11.6 Å². The Morgan fingerprint density at radius 3 is 2.38 bits per heavy atom. The first-order chi connectivity index (χ1) is 13.7. The number of amides is 1. The van der Waals surface area contributed by atoms with Crippen molar-refractivity contribution in [3.63, 3.8) is 0 Å². The molecule has 5 nitrogen and oxygen atoms in total. The van der Waals surface area contributed by atoms with Gasteiger partial charge in [0.2, 0.25) is 5.91 Å². The number of aromatic nitrogens is 1. The lowest BCUT2D eigenvalue weighted by Gasteiger charge is -2.23. The molecule has 0 saturated heterocycles. The summed E-state index contributed by atoms with van der Waals surface area (Å²) in [4.78, 5) is 17.2. The monoisotopic (exact) mass is 440 g/mol. The highest BCUT2D eigenvalue weighted by atomic mass is 32.2. The van der Waals surface area contributed by atoms with Gasteiger partial charge in [-0.3, -0.25) is 4.79 Å². The van der Waals surface area contributed by atoms with Gasteiger partial charge in [0.05, 0.1) is 10.8 Å². The molecule has 1 amide bonds. The molecule has 9 heteroatoms. The van der Waals surface area contributed by atoms with Crippen LogP contribution in [0, 0.1) is 11.8 Å². The van der Waals surface area contributed by atoms with E-state index in [0.717, 1.165) is 25.5 Å². The fourth-order valence-electron chi connectivity index (χ4n) is 4.79. The maximum Gasteiger partial charge on any atom is 0.271 e. The average molecular weight is 441 g/mol. The number of carbonyl (C=O) groups excluding carboxylic acids is 1. The van der Waals surface area contributed by atoms with Gasteiger partial charge in [-0.15, -0.1) is 11.3 Å². The van der Waals surface area contributed by atoms with Gasteiger partial charge >= 0.3 is 0 Å². The van der Waals surface area contributed by atoms with E-state index in [1.807, 2.05) is 0 Å². The zero-order valence-electron chi connectivity index (χ0n) is 15.9. The van der Waals surface area contributed by atoms with Crippen molar-refractivity contribution < 1.29 is 22.0 Å². The quantitative estimate of drug-likeness (QED) is 0.753. The van der Waals surface area contributed by atoms with E-state index in [0.29, 0.717) is 12.8 Å². The topological polar surface area (TPSA) is 76.1 Å². The first-order valence-electron chi connectivity index (χ1n) is 9.58. The van der Waals surface area contributed by atoms with Gasteiger partial charge in [0.1, 0.15) is 5.41 Å². The molecule has 2 aromatic rings. The van der Waals surface area contributed by atoms with E-state index >= 15 is 8.78 Å². The van der Waals surface area contributed by atoms with Gasteiger partial charge in [-0.2, -0.15) is 0 Å². The molecule has 2 fully saturated rings. The van der Waals surface area contributed by atoms with Crippen molar-refractivity contribution in [2.24, 2.45) is 11.8 Å². The van der Waals surface area contributed by atoms with Gasteiger partial charge < -0.3 is 5.32 Å². The van der Waals surface area contributed by atoms with Crippen molar-refractivity contribution >= 4 is 32.2 Å². The molecular formula is C20H22F2N2O3S2. The van der Waals surface area contributed by atoms with Crippen molar-refractivity contribution in [2.45, 2.75) is 48.3 Å². The predicted octanol–water partition coefficient (Wildman–Crippen LogP) is 4.27. The molecule has 4 rings (SSSR count). The van der Waals surface area contributed by atoms with Crippen LogP contribution in [0.5, 0.6) is 0 Å². The number of benzene rings is 1. The second kappa shape index (κ2) is 7.12. The van der Waals surface area contributed by atoms with Crippen LogP contribution in [-0.2, 0) is 20.0 Å². The molecular weight excluding hydrogens is 418 g/mol. The van der Waals surface area contributed by atoms with Crippen LogP contribution < -0.4 is 5.32 Å². The Morgan fingerprint density at radius 1 is 1.17 bits per heavy atom. The summed E-state index contributed by atoms with van der Waals surface area (Å²) in [6.45, 7) is 0. The number of thiazole rings is 1. The summed E-state index contributed by atoms with van der Waals surface area (Å²) in [6.07, 6.45) is 6.70. The first-order valence-corrected chi connectivity index (χ1v) is 12.4. The number of carbonyl (C=O) groups is 1. The molecule has 2 aliphatic rings. The van der Waals surface area contributed by atoms with Gasteiger partial charge in [-0.25, -0.2) is 22.2 Å². The third kappa shape index (κ3) is 3.28. The van der Waals surface area contributed by atoms with E-state index in [1.54, 1.807) is 5.38 Å². The average Bonchev–Trinajstić information content (AvgIpc) is 2.96. The van der Waals surface area contributed by atoms with Gasteiger partial charge in [0, 0.05) is 17.8 Å². The Bertz CT molecular complexity index is 1000. The molecule has 2 unspecified atom stereocenters. The number of hydrogen-bond acceptors (Lipinski definition) is 5. The number of halogens is 2. The Hall–Kier alpha value is -1.87. The minimum atomic E-state index is -3.47. The number of anilines is 1. The van der Waals surface area contributed by atoms with E-state index in [4.69, 9.17) is 0 Å². The summed E-state index contributed by atoms with van der Waals surface area (Å²) in [6, 6.07) is 5.31. The largest absolute Gasteiger partial charge is 0.301 e. The Labute approximate surface area is 172 Å². The minimum absolute atomic E-state index is 0.0370. The van der Waals surface area contributed by atoms with Crippen LogP contribution in [0.25, 0.3) is 0 Å². The second-order valence-corrected chi connectivity index (χ2v) is 10.8. The maximum absolute atomic E-state index is 15.4. The van der Waals surface area contributed by atoms with E-state index in [-0.39, 0.29) is 21.5 Å². The fourth-order valence-corrected chi connectivity index (χ4v) is 5.94.